The van der Waals surface area contributed by atoms with E-state index in [1.54, 1.807) is 6.92 Å². The van der Waals surface area contributed by atoms with Crippen molar-refractivity contribution in [1.82, 2.24) is 0 Å². The first-order chi connectivity index (χ1) is 6.84. The van der Waals surface area contributed by atoms with Gasteiger partial charge in [-0.2, -0.15) is 0 Å². The van der Waals surface area contributed by atoms with Gasteiger partial charge in [-0.3, -0.25) is 4.79 Å². The van der Waals surface area contributed by atoms with E-state index in [1.807, 2.05) is 6.92 Å². The van der Waals surface area contributed by atoms with E-state index in [9.17, 15) is 4.79 Å². The minimum absolute atomic E-state index is 0.184. The van der Waals surface area contributed by atoms with Crippen LogP contribution in [0.4, 0.5) is 0 Å². The summed E-state index contributed by atoms with van der Waals surface area (Å²) in [6.07, 6.45) is 4.66. The molecule has 0 saturated heterocycles. The molecule has 1 fully saturated rings. The summed E-state index contributed by atoms with van der Waals surface area (Å²) in [5.41, 5.74) is 1.69. The second kappa shape index (κ2) is 4.51. The van der Waals surface area contributed by atoms with Crippen molar-refractivity contribution < 1.29 is 4.79 Å². The van der Waals surface area contributed by atoms with Crippen LogP contribution in [-0.2, 0) is 4.79 Å². The molecule has 0 spiro atoms. The molecular weight excluding hydrogens is 184 g/mol. The van der Waals surface area contributed by atoms with Crippen LogP contribution in [0.5, 0.6) is 0 Å². The monoisotopic (exact) mass is 208 g/mol. The van der Waals surface area contributed by atoms with Crippen molar-refractivity contribution in [1.29, 1.82) is 0 Å². The van der Waals surface area contributed by atoms with Crippen LogP contribution in [0.3, 0.4) is 0 Å². The van der Waals surface area contributed by atoms with Gasteiger partial charge in [-0.1, -0.05) is 32.9 Å². The Kier molecular flexibility index (Phi) is 3.75. The van der Waals surface area contributed by atoms with Crippen molar-refractivity contribution in [2.75, 3.05) is 0 Å². The number of allylic oxidation sites excluding steroid dienone is 1. The molecule has 1 aliphatic rings. The quantitative estimate of drug-likeness (QED) is 0.641. The van der Waals surface area contributed by atoms with E-state index in [0.717, 1.165) is 12.8 Å². The summed E-state index contributed by atoms with van der Waals surface area (Å²) in [6, 6.07) is 0. The van der Waals surface area contributed by atoms with Gasteiger partial charge in [-0.25, -0.2) is 0 Å². The highest BCUT2D eigenvalue weighted by atomic mass is 16.1. The molecule has 0 radical (unpaired) electrons. The zero-order valence-electron chi connectivity index (χ0n) is 10.6. The topological polar surface area (TPSA) is 17.1 Å². The standard InChI is InChI=1S/C14H24O/c1-10-7-6-8-14(4,5)13(10)9-11(2)12(3)15/h11,13H,1,6-9H2,2-5H3. The predicted octanol–water partition coefficient (Wildman–Crippen LogP) is 3.98. The molecule has 0 amide bonds. The van der Waals surface area contributed by atoms with Crippen molar-refractivity contribution in [3.63, 3.8) is 0 Å². The van der Waals surface area contributed by atoms with Gasteiger partial charge in [0.25, 0.3) is 0 Å². The van der Waals surface area contributed by atoms with Crippen LogP contribution in [0.15, 0.2) is 12.2 Å². The molecular formula is C14H24O. The van der Waals surface area contributed by atoms with Gasteiger partial charge in [0.15, 0.2) is 0 Å². The van der Waals surface area contributed by atoms with Crippen LogP contribution in [-0.4, -0.2) is 5.78 Å². The van der Waals surface area contributed by atoms with Crippen LogP contribution >= 0.6 is 0 Å². The van der Waals surface area contributed by atoms with Gasteiger partial charge in [0, 0.05) is 5.92 Å². The molecule has 1 aliphatic carbocycles. The Morgan fingerprint density at radius 3 is 2.67 bits per heavy atom. The minimum atomic E-state index is 0.184. The van der Waals surface area contributed by atoms with E-state index in [1.165, 1.54) is 18.4 Å². The highest BCUT2D eigenvalue weighted by Gasteiger charge is 2.35. The van der Waals surface area contributed by atoms with E-state index in [-0.39, 0.29) is 5.92 Å². The summed E-state index contributed by atoms with van der Waals surface area (Å²) < 4.78 is 0. The summed E-state index contributed by atoms with van der Waals surface area (Å²) in [5.74, 6) is 1.03. The molecule has 15 heavy (non-hydrogen) atoms. The average Bonchev–Trinajstić information content (AvgIpc) is 2.10. The van der Waals surface area contributed by atoms with Crippen LogP contribution < -0.4 is 0 Å². The second-order valence-electron chi connectivity index (χ2n) is 5.80. The summed E-state index contributed by atoms with van der Waals surface area (Å²) >= 11 is 0. The Balaban J connectivity index is 2.72. The number of Topliss-reactive ketones (excluding diaryl/α,β-unsaturated/α-hetero) is 1. The van der Waals surface area contributed by atoms with Crippen molar-refractivity contribution in [2.45, 2.75) is 53.4 Å². The van der Waals surface area contributed by atoms with Gasteiger partial charge < -0.3 is 0 Å². The normalized spacial score (nSPS) is 27.5. The summed E-state index contributed by atoms with van der Waals surface area (Å²) in [7, 11) is 0. The van der Waals surface area contributed by atoms with E-state index < -0.39 is 0 Å². The molecule has 0 aromatic heterocycles. The van der Waals surface area contributed by atoms with Gasteiger partial charge in [-0.15, -0.1) is 0 Å². The SMILES string of the molecule is C=C1CCCC(C)(C)C1CC(C)C(C)=O. The van der Waals surface area contributed by atoms with Crippen LogP contribution in [0, 0.1) is 17.3 Å². The van der Waals surface area contributed by atoms with Crippen molar-refractivity contribution in [3.05, 3.63) is 12.2 Å². The maximum atomic E-state index is 11.3. The lowest BCUT2D eigenvalue weighted by Gasteiger charge is -2.41. The fraction of sp³-hybridized carbons (Fsp3) is 0.786. The molecule has 0 aliphatic heterocycles. The van der Waals surface area contributed by atoms with E-state index >= 15 is 0 Å². The smallest absolute Gasteiger partial charge is 0.132 e. The largest absolute Gasteiger partial charge is 0.300 e. The number of hydrogen-bond donors (Lipinski definition) is 0. The Morgan fingerprint density at radius 1 is 1.60 bits per heavy atom. The summed E-state index contributed by atoms with van der Waals surface area (Å²) in [6.45, 7) is 12.6. The predicted molar refractivity (Wildman–Crippen MR) is 64.7 cm³/mol. The third-order valence-corrected chi connectivity index (χ3v) is 4.04. The highest BCUT2D eigenvalue weighted by molar-refractivity contribution is 5.77. The van der Waals surface area contributed by atoms with Gasteiger partial charge in [-0.05, 0) is 43.9 Å². The first-order valence-electron chi connectivity index (χ1n) is 6.02. The molecule has 2 atom stereocenters. The Labute approximate surface area is 93.9 Å². The lowest BCUT2D eigenvalue weighted by Crippen LogP contribution is -2.31. The molecule has 0 bridgehead atoms. The van der Waals surface area contributed by atoms with Gasteiger partial charge in [0.1, 0.15) is 5.78 Å². The molecule has 1 rings (SSSR count). The summed E-state index contributed by atoms with van der Waals surface area (Å²) in [5, 5.41) is 0. The first kappa shape index (κ1) is 12.5. The molecule has 1 saturated carbocycles. The number of ketones is 1. The summed E-state index contributed by atoms with van der Waals surface area (Å²) in [4.78, 5) is 11.3. The molecule has 0 N–H and O–H groups in total. The zero-order valence-corrected chi connectivity index (χ0v) is 10.6. The molecule has 86 valence electrons. The van der Waals surface area contributed by atoms with Gasteiger partial charge >= 0.3 is 0 Å². The lowest BCUT2D eigenvalue weighted by atomic mass is 9.64. The fourth-order valence-electron chi connectivity index (χ4n) is 2.68. The van der Waals surface area contributed by atoms with Crippen molar-refractivity contribution in [2.24, 2.45) is 17.3 Å². The minimum Gasteiger partial charge on any atom is -0.300 e. The molecule has 0 heterocycles. The molecule has 0 aromatic rings. The maximum Gasteiger partial charge on any atom is 0.132 e. The van der Waals surface area contributed by atoms with Gasteiger partial charge in [0.05, 0.1) is 0 Å². The van der Waals surface area contributed by atoms with Gasteiger partial charge in [0.2, 0.25) is 0 Å². The molecule has 1 heteroatoms. The zero-order chi connectivity index (χ0) is 11.6. The number of carbonyl (C=O) groups excluding carboxylic acids is 1. The fourth-order valence-corrected chi connectivity index (χ4v) is 2.68. The number of carbonyl (C=O) groups is 1. The van der Waals surface area contributed by atoms with Crippen LogP contribution in [0.25, 0.3) is 0 Å². The van der Waals surface area contributed by atoms with Crippen LogP contribution in [0.2, 0.25) is 0 Å². The first-order valence-corrected chi connectivity index (χ1v) is 6.02. The third-order valence-electron chi connectivity index (χ3n) is 4.04. The Hall–Kier alpha value is -0.590. The number of rotatable bonds is 3. The highest BCUT2D eigenvalue weighted by Crippen LogP contribution is 2.45. The molecule has 1 nitrogen and oxygen atoms in total. The van der Waals surface area contributed by atoms with Crippen LogP contribution in [0.1, 0.15) is 53.4 Å². The van der Waals surface area contributed by atoms with E-state index in [4.69, 9.17) is 0 Å². The third kappa shape index (κ3) is 2.93. The Morgan fingerprint density at radius 2 is 2.20 bits per heavy atom. The maximum absolute atomic E-state index is 11.3. The average molecular weight is 208 g/mol. The molecule has 2 unspecified atom stereocenters. The number of hydrogen-bond acceptors (Lipinski definition) is 1. The van der Waals surface area contributed by atoms with E-state index in [0.29, 0.717) is 17.1 Å². The van der Waals surface area contributed by atoms with E-state index in [2.05, 4.69) is 20.4 Å². The van der Waals surface area contributed by atoms with Crippen molar-refractivity contribution >= 4 is 5.78 Å². The lowest BCUT2D eigenvalue weighted by molar-refractivity contribution is -0.120. The molecule has 0 aromatic carbocycles. The Bertz CT molecular complexity index is 263. The second-order valence-corrected chi connectivity index (χ2v) is 5.80. The van der Waals surface area contributed by atoms with Crippen molar-refractivity contribution in [3.8, 4) is 0 Å².